The Hall–Kier alpha value is -3.25. The minimum absolute atomic E-state index is 0.252. The molecule has 0 unspecified atom stereocenters. The zero-order valence-corrected chi connectivity index (χ0v) is 18.3. The van der Waals surface area contributed by atoms with Crippen LogP contribution in [0.25, 0.3) is 21.9 Å². The van der Waals surface area contributed by atoms with Gasteiger partial charge in [0.25, 0.3) is 5.91 Å². The van der Waals surface area contributed by atoms with Gasteiger partial charge < -0.3 is 19.5 Å². The molecule has 31 heavy (non-hydrogen) atoms. The second kappa shape index (κ2) is 8.47. The van der Waals surface area contributed by atoms with E-state index in [-0.39, 0.29) is 5.91 Å². The smallest absolute Gasteiger partial charge is 0.339 e. The number of carbonyl (C=O) groups excluding carboxylic acids is 1. The normalized spacial score (nSPS) is 12.3. The highest BCUT2D eigenvalue weighted by Crippen LogP contribution is 2.32. The van der Waals surface area contributed by atoms with Crippen molar-refractivity contribution < 1.29 is 13.9 Å². The second-order valence-electron chi connectivity index (χ2n) is 7.58. The van der Waals surface area contributed by atoms with Gasteiger partial charge in [-0.2, -0.15) is 0 Å². The molecule has 4 rings (SSSR count). The van der Waals surface area contributed by atoms with Gasteiger partial charge >= 0.3 is 5.63 Å². The van der Waals surface area contributed by atoms with Gasteiger partial charge in [0.1, 0.15) is 11.3 Å². The van der Waals surface area contributed by atoms with Crippen molar-refractivity contribution in [3.63, 3.8) is 0 Å². The van der Waals surface area contributed by atoms with E-state index in [1.165, 1.54) is 0 Å². The highest BCUT2D eigenvalue weighted by molar-refractivity contribution is 6.32. The van der Waals surface area contributed by atoms with Gasteiger partial charge in [-0.3, -0.25) is 4.79 Å². The Morgan fingerprint density at radius 3 is 2.77 bits per heavy atom. The number of carbonyl (C=O) groups is 1. The summed E-state index contributed by atoms with van der Waals surface area (Å²) in [5.41, 5.74) is 3.54. The quantitative estimate of drug-likeness (QED) is 0.428. The first-order valence-corrected chi connectivity index (χ1v) is 10.5. The van der Waals surface area contributed by atoms with Crippen molar-refractivity contribution >= 4 is 39.4 Å². The highest BCUT2D eigenvalue weighted by Gasteiger charge is 2.18. The minimum atomic E-state index is -0.767. The second-order valence-corrected chi connectivity index (χ2v) is 7.99. The molecular weight excluding hydrogens is 416 g/mol. The molecule has 2 heterocycles. The van der Waals surface area contributed by atoms with Crippen LogP contribution >= 0.6 is 11.6 Å². The number of halogens is 1. The Morgan fingerprint density at radius 1 is 1.19 bits per heavy atom. The third-order valence-electron chi connectivity index (χ3n) is 5.55. The minimum Gasteiger partial charge on any atom is -0.479 e. The summed E-state index contributed by atoms with van der Waals surface area (Å²) < 4.78 is 11.1. The van der Waals surface area contributed by atoms with Crippen molar-refractivity contribution in [2.24, 2.45) is 0 Å². The summed E-state index contributed by atoms with van der Waals surface area (Å²) in [6, 6.07) is 11.3. The number of aromatic nitrogens is 1. The van der Waals surface area contributed by atoms with Crippen molar-refractivity contribution in [1.29, 1.82) is 0 Å². The van der Waals surface area contributed by atoms with E-state index in [2.05, 4.69) is 16.4 Å². The van der Waals surface area contributed by atoms with Gasteiger partial charge in [0, 0.05) is 40.7 Å². The number of rotatable bonds is 6. The van der Waals surface area contributed by atoms with Gasteiger partial charge in [-0.1, -0.05) is 29.8 Å². The van der Waals surface area contributed by atoms with E-state index >= 15 is 0 Å². The molecule has 6 nitrogen and oxygen atoms in total. The lowest BCUT2D eigenvalue weighted by Crippen LogP contribution is -2.37. The van der Waals surface area contributed by atoms with Crippen LogP contribution in [0.2, 0.25) is 5.02 Å². The third-order valence-corrected chi connectivity index (χ3v) is 5.85. The maximum Gasteiger partial charge on any atom is 0.339 e. The first kappa shape index (κ1) is 21.0. The molecular formula is C24H23ClN2O4. The van der Waals surface area contributed by atoms with Crippen LogP contribution in [-0.2, 0) is 11.2 Å². The number of para-hydroxylation sites is 1. The van der Waals surface area contributed by atoms with Crippen LogP contribution in [0.1, 0.15) is 23.6 Å². The third kappa shape index (κ3) is 4.16. The Bertz CT molecular complexity index is 1340. The average Bonchev–Trinajstić information content (AvgIpc) is 3.16. The number of fused-ring (bicyclic) bond motifs is 2. The van der Waals surface area contributed by atoms with Crippen molar-refractivity contribution in [3.8, 4) is 5.75 Å². The standard InChI is InChI=1S/C24H23ClN2O4/c1-13-14(2)24(29)31-21-11-22(19(25)10-18(13)21)30-15(3)23(28)26-9-8-16-12-27-20-7-5-4-6-17(16)20/h4-7,10-12,15,27H,8-9H2,1-3H3,(H,26,28)/t15-/m0/s1. The van der Waals surface area contributed by atoms with Gasteiger partial charge in [0.2, 0.25) is 0 Å². The Kier molecular flexibility index (Phi) is 5.74. The molecule has 0 aliphatic heterocycles. The lowest BCUT2D eigenvalue weighted by Gasteiger charge is -2.16. The summed E-state index contributed by atoms with van der Waals surface area (Å²) in [6.07, 6.45) is 1.89. The SMILES string of the molecule is Cc1c(C)c2cc(Cl)c(O[C@@H](C)C(=O)NCCc3c[nH]c4ccccc34)cc2oc1=O. The predicted octanol–water partition coefficient (Wildman–Crippen LogP) is 4.67. The molecule has 4 aromatic rings. The van der Waals surface area contributed by atoms with Crippen molar-refractivity contribution in [2.45, 2.75) is 33.3 Å². The van der Waals surface area contributed by atoms with Crippen LogP contribution in [0.4, 0.5) is 0 Å². The van der Waals surface area contributed by atoms with Crippen molar-refractivity contribution in [2.75, 3.05) is 6.54 Å². The first-order chi connectivity index (χ1) is 14.8. The molecule has 0 radical (unpaired) electrons. The van der Waals surface area contributed by atoms with Crippen LogP contribution in [0.3, 0.4) is 0 Å². The monoisotopic (exact) mass is 438 g/mol. The number of amides is 1. The van der Waals surface area contributed by atoms with Crippen LogP contribution < -0.4 is 15.7 Å². The maximum absolute atomic E-state index is 12.5. The molecule has 0 aliphatic rings. The molecule has 0 saturated heterocycles. The molecule has 1 atom stereocenters. The summed E-state index contributed by atoms with van der Waals surface area (Å²) in [7, 11) is 0. The van der Waals surface area contributed by atoms with E-state index in [0.717, 1.165) is 27.4 Å². The number of hydrogen-bond donors (Lipinski definition) is 2. The van der Waals surface area contributed by atoms with Gasteiger partial charge in [-0.15, -0.1) is 0 Å². The number of aromatic amines is 1. The topological polar surface area (TPSA) is 84.3 Å². The lowest BCUT2D eigenvalue weighted by molar-refractivity contribution is -0.127. The zero-order chi connectivity index (χ0) is 22.1. The average molecular weight is 439 g/mol. The van der Waals surface area contributed by atoms with Crippen LogP contribution in [0.15, 0.2) is 51.8 Å². The number of hydrogen-bond acceptors (Lipinski definition) is 4. The highest BCUT2D eigenvalue weighted by atomic mass is 35.5. The van der Waals surface area contributed by atoms with Crippen LogP contribution in [0.5, 0.6) is 5.75 Å². The molecule has 0 fully saturated rings. The van der Waals surface area contributed by atoms with Gasteiger partial charge in [0.15, 0.2) is 6.10 Å². The van der Waals surface area contributed by atoms with E-state index in [4.69, 9.17) is 20.8 Å². The number of nitrogens with one attached hydrogen (secondary N) is 2. The summed E-state index contributed by atoms with van der Waals surface area (Å²) >= 11 is 6.36. The van der Waals surface area contributed by atoms with E-state index in [9.17, 15) is 9.59 Å². The first-order valence-electron chi connectivity index (χ1n) is 10.1. The summed E-state index contributed by atoms with van der Waals surface area (Å²) in [4.78, 5) is 27.7. The molecule has 2 aromatic carbocycles. The number of H-pyrrole nitrogens is 1. The molecule has 2 N–H and O–H groups in total. The Morgan fingerprint density at radius 2 is 1.97 bits per heavy atom. The molecule has 2 aromatic heterocycles. The molecule has 1 amide bonds. The summed E-state index contributed by atoms with van der Waals surface area (Å²) in [6.45, 7) is 5.68. The van der Waals surface area contributed by atoms with Crippen LogP contribution in [0, 0.1) is 13.8 Å². The molecule has 0 spiro atoms. The van der Waals surface area contributed by atoms with E-state index in [1.807, 2.05) is 31.3 Å². The van der Waals surface area contributed by atoms with Gasteiger partial charge in [-0.05, 0) is 50.5 Å². The number of ether oxygens (including phenoxy) is 1. The Labute approximate surface area is 184 Å². The van der Waals surface area contributed by atoms with E-state index in [1.54, 1.807) is 26.0 Å². The molecule has 160 valence electrons. The fourth-order valence-electron chi connectivity index (χ4n) is 3.58. The van der Waals surface area contributed by atoms with E-state index in [0.29, 0.717) is 34.9 Å². The summed E-state index contributed by atoms with van der Waals surface area (Å²) in [5.74, 6) is 0.0393. The largest absolute Gasteiger partial charge is 0.479 e. The molecule has 7 heteroatoms. The van der Waals surface area contributed by atoms with Crippen LogP contribution in [-0.4, -0.2) is 23.5 Å². The predicted molar refractivity (Wildman–Crippen MR) is 122 cm³/mol. The summed E-state index contributed by atoms with van der Waals surface area (Å²) in [5, 5.41) is 5.13. The van der Waals surface area contributed by atoms with Gasteiger partial charge in [-0.25, -0.2) is 4.79 Å². The van der Waals surface area contributed by atoms with Crippen molar-refractivity contribution in [1.82, 2.24) is 10.3 Å². The number of aryl methyl sites for hydroxylation is 1. The fourth-order valence-corrected chi connectivity index (χ4v) is 3.79. The molecule has 0 saturated carbocycles. The fraction of sp³-hybridized carbons (Fsp3) is 0.250. The zero-order valence-electron chi connectivity index (χ0n) is 17.5. The maximum atomic E-state index is 12.5. The Balaban J connectivity index is 1.42. The molecule has 0 bridgehead atoms. The van der Waals surface area contributed by atoms with Gasteiger partial charge in [0.05, 0.1) is 5.02 Å². The number of benzene rings is 2. The van der Waals surface area contributed by atoms with Crippen molar-refractivity contribution in [3.05, 3.63) is 74.7 Å². The lowest BCUT2D eigenvalue weighted by atomic mass is 10.1. The molecule has 0 aliphatic carbocycles. The van der Waals surface area contributed by atoms with E-state index < -0.39 is 11.7 Å².